The van der Waals surface area contributed by atoms with E-state index in [1.54, 1.807) is 59.8 Å². The molecule has 0 radical (unpaired) electrons. The number of carbonyl (C=O) groups is 3. The summed E-state index contributed by atoms with van der Waals surface area (Å²) >= 11 is 0. The molecule has 0 aliphatic carbocycles. The molecule has 4 aromatic carbocycles. The average Bonchev–Trinajstić information content (AvgIpc) is 2.21. The van der Waals surface area contributed by atoms with E-state index in [2.05, 4.69) is 73.1 Å². The number of fused-ring (bicyclic) bond motifs is 4. The lowest BCUT2D eigenvalue weighted by Crippen LogP contribution is -2.49. The van der Waals surface area contributed by atoms with E-state index in [-0.39, 0.29) is 46.3 Å². The van der Waals surface area contributed by atoms with Crippen molar-refractivity contribution >= 4 is 51.6 Å². The molecule has 89 heavy (non-hydrogen) atoms. The van der Waals surface area contributed by atoms with E-state index < -0.39 is 17.4 Å². The van der Waals surface area contributed by atoms with E-state index in [0.717, 1.165) is 82.0 Å². The summed E-state index contributed by atoms with van der Waals surface area (Å²) in [5.74, 6) is 3.19. The van der Waals surface area contributed by atoms with Crippen LogP contribution in [-0.4, -0.2) is 181 Å². The maximum atomic E-state index is 13.5. The Labute approximate surface area is 511 Å². The Balaban J connectivity index is 0.000000186. The van der Waals surface area contributed by atoms with Gasteiger partial charge in [0.05, 0.1) is 36.4 Å². The first-order chi connectivity index (χ1) is 43.1. The van der Waals surface area contributed by atoms with Crippen molar-refractivity contribution in [1.82, 2.24) is 70.4 Å². The number of pyridine rings is 2. The number of ether oxygens (including phenoxy) is 7. The minimum absolute atomic E-state index is 0.00535. The number of amides is 3. The van der Waals surface area contributed by atoms with Gasteiger partial charge in [-0.1, -0.05) is 22.3 Å². The monoisotopic (exact) mass is 1220 g/mol. The molecule has 8 aromatic rings. The van der Waals surface area contributed by atoms with E-state index in [1.807, 2.05) is 56.0 Å². The maximum absolute atomic E-state index is 13.5. The molecule has 4 aromatic heterocycles. The van der Waals surface area contributed by atoms with Crippen molar-refractivity contribution in [2.75, 3.05) is 90.5 Å². The molecule has 468 valence electrons. The summed E-state index contributed by atoms with van der Waals surface area (Å²) in [4.78, 5) is 72.6. The SMILES string of the molecule is COc1ccc2c(C(=O)Nc3nn[nH]n3)cc(=O)n(CCN3CCC(N(Cc4ccc5c(c4)OCCO5)C(=O)OC(C)(C)C)CC3)c2c1.COc1ccc2c(C(=O)Nc3nn[nH]n3)cc(=O)n(CCN3CCC(NCc4ccc5c(c4)OCCO5)CC3)c2c1. The van der Waals surface area contributed by atoms with E-state index >= 15 is 0 Å². The minimum atomic E-state index is -0.634. The van der Waals surface area contributed by atoms with Crippen LogP contribution in [0.2, 0.25) is 0 Å². The number of anilines is 2. The molecular weight excluding hydrogens is 1150 g/mol. The van der Waals surface area contributed by atoms with Gasteiger partial charge in [0.15, 0.2) is 23.0 Å². The number of rotatable bonds is 18. The Bertz CT molecular complexity index is 3910. The van der Waals surface area contributed by atoms with Crippen LogP contribution in [0.25, 0.3) is 21.8 Å². The van der Waals surface area contributed by atoms with Crippen LogP contribution in [0.3, 0.4) is 0 Å². The van der Waals surface area contributed by atoms with Gasteiger partial charge >= 0.3 is 6.09 Å². The van der Waals surface area contributed by atoms with Crippen molar-refractivity contribution in [2.24, 2.45) is 0 Å². The number of aromatic amines is 2. The van der Waals surface area contributed by atoms with Crippen molar-refractivity contribution < 1.29 is 47.5 Å². The summed E-state index contributed by atoms with van der Waals surface area (Å²) < 4.78 is 42.8. The Hall–Kier alpha value is -9.67. The maximum Gasteiger partial charge on any atom is 0.410 e. The van der Waals surface area contributed by atoms with Crippen molar-refractivity contribution in [3.63, 3.8) is 0 Å². The first-order valence-electron chi connectivity index (χ1n) is 29.6. The Morgan fingerprint density at radius 1 is 0.596 bits per heavy atom. The minimum Gasteiger partial charge on any atom is -0.497 e. The molecule has 28 heteroatoms. The van der Waals surface area contributed by atoms with Crippen molar-refractivity contribution in [3.05, 3.63) is 128 Å². The zero-order valence-corrected chi connectivity index (χ0v) is 50.3. The Kier molecular flexibility index (Phi) is 18.9. The number of nitrogens with one attached hydrogen (secondary N) is 5. The summed E-state index contributed by atoms with van der Waals surface area (Å²) in [6, 6.07) is 25.5. The van der Waals surface area contributed by atoms with Crippen LogP contribution in [0.5, 0.6) is 34.5 Å². The normalized spacial score (nSPS) is 15.4. The molecule has 2 saturated heterocycles. The molecular formula is C61H72N16O12. The van der Waals surface area contributed by atoms with Crippen LogP contribution in [0.4, 0.5) is 16.7 Å². The third-order valence-corrected chi connectivity index (χ3v) is 15.9. The number of benzene rings is 4. The van der Waals surface area contributed by atoms with Gasteiger partial charge < -0.3 is 62.3 Å². The number of aromatic nitrogens is 10. The third-order valence-electron chi connectivity index (χ3n) is 15.9. The highest BCUT2D eigenvalue weighted by atomic mass is 16.6. The number of H-pyrrole nitrogens is 2. The summed E-state index contributed by atoms with van der Waals surface area (Å²) in [6.45, 7) is 14.4. The summed E-state index contributed by atoms with van der Waals surface area (Å²) in [7, 11) is 3.12. The quantitative estimate of drug-likeness (QED) is 0.0732. The smallest absolute Gasteiger partial charge is 0.410 e. The van der Waals surface area contributed by atoms with Gasteiger partial charge in [-0.25, -0.2) is 4.79 Å². The lowest BCUT2D eigenvalue weighted by Gasteiger charge is -2.39. The molecule has 0 bridgehead atoms. The number of carbonyl (C=O) groups excluding carboxylic acids is 3. The predicted octanol–water partition coefficient (Wildman–Crippen LogP) is 5.25. The van der Waals surface area contributed by atoms with Crippen LogP contribution in [0.15, 0.2) is 94.5 Å². The molecule has 12 rings (SSSR count). The zero-order chi connectivity index (χ0) is 62.0. The standard InChI is InChI=1S/C33H40N8O7.C28H32N8O5/c1-33(2,3)48-32(44)41(20-21-5-8-27-28(17-21)47-16-15-46-27)22-9-11-39(12-10-22)13-14-40-26-18-23(45-4)6-7-24(26)25(19-29(40)42)30(43)34-31-35-37-38-36-31;1-39-20-3-4-21-22(27(38)30-28-31-33-34-32-28)16-26(37)36(23(21)15-20)11-10-35-8-6-19(7-9-35)29-17-18-2-5-24-25(14-18)41-13-12-40-24/h5-8,17-19,22H,9-16,20H2,1-4H3,(H2,34,35,36,37,38,43);2-5,14-16,19,29H,6-13,17H2,1H3,(H2,30,31,32,33,34,38). The number of hydrogen-bond donors (Lipinski definition) is 5. The number of hydrogen-bond acceptors (Lipinski definition) is 21. The summed E-state index contributed by atoms with van der Waals surface area (Å²) in [5.41, 5.74) is 2.52. The lowest BCUT2D eigenvalue weighted by atomic mass is 10.0. The molecule has 5 N–H and O–H groups in total. The number of likely N-dealkylation sites (tertiary alicyclic amines) is 2. The largest absolute Gasteiger partial charge is 0.497 e. The molecule has 4 aliphatic rings. The topological polar surface area (TPSA) is 315 Å². The second-order valence-electron chi connectivity index (χ2n) is 22.9. The molecule has 8 heterocycles. The van der Waals surface area contributed by atoms with Gasteiger partial charge in [-0.2, -0.15) is 10.4 Å². The number of piperidine rings is 2. The van der Waals surface area contributed by atoms with Crippen LogP contribution >= 0.6 is 0 Å². The van der Waals surface area contributed by atoms with Crippen LogP contribution in [-0.2, 0) is 30.9 Å². The average molecular weight is 1220 g/mol. The van der Waals surface area contributed by atoms with E-state index in [1.165, 1.54) is 17.7 Å². The van der Waals surface area contributed by atoms with Gasteiger partial charge in [-0.15, -0.1) is 10.2 Å². The molecule has 0 saturated carbocycles. The van der Waals surface area contributed by atoms with Gasteiger partial charge in [0.25, 0.3) is 34.8 Å². The van der Waals surface area contributed by atoms with Gasteiger partial charge in [-0.3, -0.25) is 29.8 Å². The van der Waals surface area contributed by atoms with Crippen molar-refractivity contribution in [1.29, 1.82) is 0 Å². The Morgan fingerprint density at radius 3 is 1.54 bits per heavy atom. The Morgan fingerprint density at radius 2 is 1.07 bits per heavy atom. The molecule has 3 amide bonds. The first kappa shape index (κ1) is 61.0. The van der Waals surface area contributed by atoms with Crippen molar-refractivity contribution in [2.45, 2.75) is 90.3 Å². The number of tetrazole rings is 2. The fraction of sp³-hybridized carbons (Fsp3) is 0.426. The van der Waals surface area contributed by atoms with E-state index in [0.29, 0.717) is 103 Å². The van der Waals surface area contributed by atoms with E-state index in [9.17, 15) is 24.0 Å². The number of nitrogens with zero attached hydrogens (tertiary/aromatic N) is 11. The number of methoxy groups -OCH3 is 2. The zero-order valence-electron chi connectivity index (χ0n) is 50.3. The molecule has 2 fully saturated rings. The van der Waals surface area contributed by atoms with Gasteiger partial charge in [-0.05, 0) is 130 Å². The summed E-state index contributed by atoms with van der Waals surface area (Å²) in [5, 5.41) is 36.5. The van der Waals surface area contributed by atoms with Crippen molar-refractivity contribution in [3.8, 4) is 34.5 Å². The first-order valence-corrected chi connectivity index (χ1v) is 29.6. The highest BCUT2D eigenvalue weighted by Gasteiger charge is 2.32. The molecule has 0 spiro atoms. The second-order valence-corrected chi connectivity index (χ2v) is 22.9. The lowest BCUT2D eigenvalue weighted by molar-refractivity contribution is 0.00560. The second kappa shape index (κ2) is 27.6. The highest BCUT2D eigenvalue weighted by Crippen LogP contribution is 2.34. The fourth-order valence-corrected chi connectivity index (χ4v) is 11.4. The molecule has 0 atom stereocenters. The van der Waals surface area contributed by atoms with Gasteiger partial charge in [0.1, 0.15) is 43.5 Å². The molecule has 4 aliphatic heterocycles. The van der Waals surface area contributed by atoms with Crippen LogP contribution in [0, 0.1) is 0 Å². The summed E-state index contributed by atoms with van der Waals surface area (Å²) in [6.07, 6.45) is 3.16. The molecule has 0 unspecified atom stereocenters. The fourth-order valence-electron chi connectivity index (χ4n) is 11.4. The predicted molar refractivity (Wildman–Crippen MR) is 326 cm³/mol. The van der Waals surface area contributed by atoms with Gasteiger partial charge in [0, 0.05) is 99.5 Å². The van der Waals surface area contributed by atoms with Crippen LogP contribution in [0.1, 0.15) is 78.3 Å². The van der Waals surface area contributed by atoms with E-state index in [4.69, 9.17) is 33.2 Å². The highest BCUT2D eigenvalue weighted by molar-refractivity contribution is 6.12. The van der Waals surface area contributed by atoms with Gasteiger partial charge in [0.2, 0.25) is 0 Å². The third kappa shape index (κ3) is 15.0. The van der Waals surface area contributed by atoms with Crippen LogP contribution < -0.4 is 55.5 Å². The molecule has 28 nitrogen and oxygen atoms in total.